The highest BCUT2D eigenvalue weighted by Crippen LogP contribution is 2.25. The molecule has 0 saturated carbocycles. The third-order valence-electron chi connectivity index (χ3n) is 13.0. The Hall–Kier alpha value is -7.60. The molecule has 3 heterocycles. The van der Waals surface area contributed by atoms with Crippen molar-refractivity contribution >= 4 is 68.9 Å². The molecule has 0 radical (unpaired) electrons. The normalized spacial score (nSPS) is 21.8. The molecule has 18 nitrogen and oxygen atoms in total. The maximum Gasteiger partial charge on any atom is 0.255 e. The number of hydrogen-bond donors (Lipinski definition) is 9. The van der Waals surface area contributed by atoms with Crippen molar-refractivity contribution in [3.8, 4) is 0 Å². The summed E-state index contributed by atoms with van der Waals surface area (Å²) in [4.78, 5) is 108. The summed E-state index contributed by atoms with van der Waals surface area (Å²) >= 11 is 0. The van der Waals surface area contributed by atoms with E-state index in [4.69, 9.17) is 17.2 Å². The van der Waals surface area contributed by atoms with Crippen LogP contribution in [-0.2, 0) is 36.8 Å². The van der Waals surface area contributed by atoms with Crippen LogP contribution in [0.2, 0.25) is 0 Å². The highest BCUT2D eigenvalue weighted by molar-refractivity contribution is 6.09. The van der Waals surface area contributed by atoms with Gasteiger partial charge >= 0.3 is 0 Å². The number of carbonyl (C=O) groups is 7. The molecule has 2 aliphatic heterocycles. The number of nitrogens with two attached hydrogens (primary N) is 3. The number of guanidine groups is 1. The lowest BCUT2D eigenvalue weighted by molar-refractivity contribution is -0.135. The molecule has 0 bridgehead atoms. The van der Waals surface area contributed by atoms with Crippen LogP contribution >= 0.6 is 0 Å². The van der Waals surface area contributed by atoms with Crippen molar-refractivity contribution in [3.05, 3.63) is 119 Å². The highest BCUT2D eigenvalue weighted by atomic mass is 16.2. The molecule has 5 aromatic rings. The van der Waals surface area contributed by atoms with Crippen LogP contribution in [-0.4, -0.2) is 113 Å². The van der Waals surface area contributed by atoms with Gasteiger partial charge in [0, 0.05) is 55.0 Å². The third kappa shape index (κ3) is 13.1. The van der Waals surface area contributed by atoms with E-state index in [-0.39, 0.29) is 74.5 Å². The summed E-state index contributed by atoms with van der Waals surface area (Å²) in [5, 5.41) is 17.5. The Bertz CT molecular complexity index is 2730. The first-order valence-corrected chi connectivity index (χ1v) is 24.1. The Morgan fingerprint density at radius 1 is 0.657 bits per heavy atom. The zero-order chi connectivity index (χ0) is 49.6. The summed E-state index contributed by atoms with van der Waals surface area (Å²) in [5.41, 5.74) is 19.8. The van der Waals surface area contributed by atoms with E-state index in [1.54, 1.807) is 30.5 Å². The van der Waals surface area contributed by atoms with Crippen molar-refractivity contribution in [2.75, 3.05) is 26.2 Å². The third-order valence-corrected chi connectivity index (χ3v) is 13.0. The molecule has 0 spiro atoms. The number of fused-ring (bicyclic) bond motifs is 4. The second-order valence-corrected chi connectivity index (χ2v) is 18.0. The minimum absolute atomic E-state index is 0.00981. The van der Waals surface area contributed by atoms with E-state index in [1.165, 1.54) is 4.90 Å². The number of amides is 6. The number of benzene rings is 4. The van der Waals surface area contributed by atoms with E-state index < -0.39 is 65.7 Å². The number of aromatic amines is 1. The molecule has 2 aliphatic rings. The first-order chi connectivity index (χ1) is 33.9. The number of primary amides is 1. The van der Waals surface area contributed by atoms with Crippen LogP contribution in [0.25, 0.3) is 21.7 Å². The van der Waals surface area contributed by atoms with Gasteiger partial charge in [0.15, 0.2) is 11.7 Å². The van der Waals surface area contributed by atoms with Gasteiger partial charge in [0.25, 0.3) is 5.91 Å². The summed E-state index contributed by atoms with van der Waals surface area (Å²) < 4.78 is 0. The molecule has 0 aliphatic carbocycles. The van der Waals surface area contributed by atoms with Gasteiger partial charge in [-0.3, -0.25) is 38.6 Å². The number of hydrogen-bond acceptors (Lipinski definition) is 9. The van der Waals surface area contributed by atoms with Crippen molar-refractivity contribution in [1.29, 1.82) is 0 Å². The monoisotopic (exact) mass is 953 g/mol. The maximum atomic E-state index is 14.8. The summed E-state index contributed by atoms with van der Waals surface area (Å²) in [7, 11) is 0. The lowest BCUT2D eigenvalue weighted by atomic mass is 9.98. The molecule has 12 N–H and O–H groups in total. The minimum Gasteiger partial charge on any atom is -0.370 e. The average molecular weight is 954 g/mol. The second-order valence-electron chi connectivity index (χ2n) is 18.0. The summed E-state index contributed by atoms with van der Waals surface area (Å²) in [5.74, 6) is -4.21. The summed E-state index contributed by atoms with van der Waals surface area (Å²) in [6.45, 7) is 1.47. The van der Waals surface area contributed by atoms with Gasteiger partial charge in [-0.15, -0.1) is 0 Å². The molecule has 1 saturated heterocycles. The smallest absolute Gasteiger partial charge is 0.255 e. The first-order valence-electron chi connectivity index (χ1n) is 24.1. The van der Waals surface area contributed by atoms with Crippen LogP contribution in [0.3, 0.4) is 0 Å². The van der Waals surface area contributed by atoms with Gasteiger partial charge in [0.05, 0.1) is 5.56 Å². The highest BCUT2D eigenvalue weighted by Gasteiger charge is 2.38. The number of Topliss-reactive ketones (excluding diaryl/α,β-unsaturated/α-hetero) is 1. The summed E-state index contributed by atoms with van der Waals surface area (Å²) in [6.07, 6.45) is 4.91. The largest absolute Gasteiger partial charge is 0.370 e. The lowest BCUT2D eigenvalue weighted by Gasteiger charge is -2.28. The maximum absolute atomic E-state index is 14.8. The Morgan fingerprint density at radius 2 is 1.33 bits per heavy atom. The fourth-order valence-corrected chi connectivity index (χ4v) is 9.27. The molecular formula is C52H63N11O7. The summed E-state index contributed by atoms with van der Waals surface area (Å²) in [6, 6.07) is 21.7. The first kappa shape index (κ1) is 50.3. The van der Waals surface area contributed by atoms with Gasteiger partial charge < -0.3 is 53.7 Å². The number of aliphatic imine (C=N–C) groups is 1. The number of aromatic nitrogens is 1. The Morgan fingerprint density at radius 3 is 2.13 bits per heavy atom. The van der Waals surface area contributed by atoms with Gasteiger partial charge in [-0.1, -0.05) is 78.9 Å². The van der Waals surface area contributed by atoms with Gasteiger partial charge in [0.1, 0.15) is 30.2 Å². The number of nitrogens with zero attached hydrogens (tertiary/aromatic N) is 2. The molecule has 70 heavy (non-hydrogen) atoms. The van der Waals surface area contributed by atoms with E-state index in [2.05, 4.69) is 36.6 Å². The molecule has 18 heteroatoms. The van der Waals surface area contributed by atoms with Gasteiger partial charge in [0.2, 0.25) is 29.5 Å². The molecule has 1 fully saturated rings. The molecule has 0 unspecified atom stereocenters. The van der Waals surface area contributed by atoms with Crippen LogP contribution in [0.1, 0.15) is 89.6 Å². The van der Waals surface area contributed by atoms with Crippen molar-refractivity contribution in [1.82, 2.24) is 36.5 Å². The quantitative estimate of drug-likeness (QED) is 0.0592. The Kier molecular flexibility index (Phi) is 17.3. The van der Waals surface area contributed by atoms with Crippen molar-refractivity contribution in [3.63, 3.8) is 0 Å². The van der Waals surface area contributed by atoms with Gasteiger partial charge in [-0.05, 0) is 98.5 Å². The Labute approximate surface area is 406 Å². The van der Waals surface area contributed by atoms with E-state index >= 15 is 0 Å². The van der Waals surface area contributed by atoms with E-state index in [1.807, 2.05) is 66.7 Å². The van der Waals surface area contributed by atoms with E-state index in [0.29, 0.717) is 56.3 Å². The zero-order valence-electron chi connectivity index (χ0n) is 39.2. The van der Waals surface area contributed by atoms with Gasteiger partial charge in [-0.2, -0.15) is 0 Å². The van der Waals surface area contributed by atoms with Crippen molar-refractivity contribution in [2.24, 2.45) is 22.2 Å². The number of para-hydroxylation sites is 1. The average Bonchev–Trinajstić information content (AvgIpc) is 4.02. The van der Waals surface area contributed by atoms with E-state index in [0.717, 1.165) is 21.7 Å². The molecule has 6 amide bonds. The molecule has 1 aromatic heterocycles. The predicted octanol–water partition coefficient (Wildman–Crippen LogP) is 2.63. The van der Waals surface area contributed by atoms with Crippen LogP contribution in [0.15, 0.2) is 102 Å². The number of ketones is 1. The fraction of sp³-hybridized carbons (Fsp3) is 0.385. The second kappa shape index (κ2) is 24.1. The van der Waals surface area contributed by atoms with Crippen LogP contribution < -0.4 is 43.8 Å². The topological polar surface area (TPSA) is 289 Å². The van der Waals surface area contributed by atoms with Crippen molar-refractivity contribution in [2.45, 2.75) is 101 Å². The number of H-pyrrole nitrogens is 1. The number of rotatable bonds is 9. The SMILES string of the molecule is NC(=O)[C@@H]1CCCCNCCCC(=O)c2ccccc2C(=O)N2CCC[C@H]2C(=O)N[C@H](Cc2ccc3ccccc3c2)C(=O)N[C@@H](CCCN=C(N)N)C(=O)N[C@@H](Cc2c[nH]c3ccccc23)C(=O)N1. The predicted molar refractivity (Wildman–Crippen MR) is 267 cm³/mol. The van der Waals surface area contributed by atoms with Crippen LogP contribution in [0.4, 0.5) is 0 Å². The fourth-order valence-electron chi connectivity index (χ4n) is 9.27. The van der Waals surface area contributed by atoms with Crippen molar-refractivity contribution < 1.29 is 33.6 Å². The number of carbonyl (C=O) groups excluding carboxylic acids is 7. The molecular weight excluding hydrogens is 891 g/mol. The van der Waals surface area contributed by atoms with Gasteiger partial charge in [-0.25, -0.2) is 0 Å². The van der Waals surface area contributed by atoms with Crippen LogP contribution in [0, 0.1) is 0 Å². The number of nitrogens with one attached hydrogen (secondary N) is 6. The zero-order valence-corrected chi connectivity index (χ0v) is 39.2. The molecule has 368 valence electrons. The van der Waals surface area contributed by atoms with E-state index in [9.17, 15) is 33.6 Å². The van der Waals surface area contributed by atoms with Crippen LogP contribution in [0.5, 0.6) is 0 Å². The lowest BCUT2D eigenvalue weighted by Crippen LogP contribution is -2.59. The molecule has 5 atom stereocenters. The Balaban J connectivity index is 1.23. The minimum atomic E-state index is -1.27. The molecule has 4 aromatic carbocycles. The molecule has 7 rings (SSSR count). The standard InChI is InChI=1S/C52H63N11O7/c53-46(65)40-18-7-8-24-56-25-10-21-45(64)37-15-3-4-16-38(37)51(70)63-27-11-20-44(63)50(69)62-42(29-32-22-23-33-12-1-2-13-34(33)28-32)48(67)60-41(19-9-26-57-52(54)55)47(66)61-43(49(68)59-40)30-35-31-58-39-17-6-5-14-36(35)39/h1-6,12-17,22-23,28,31,40-44,56,58H,7-11,18-21,24-27,29-30H2,(H2,53,65)(H,59,68)(H,60,67)(H,61,66)(H,62,69)(H4,54,55,57)/t40-,41-,42+,43-,44-/m0/s1.